The number of hydrazine groups is 1. The maximum Gasteiger partial charge on any atom is 0.157 e. The van der Waals surface area contributed by atoms with E-state index in [1.54, 1.807) is 24.2 Å². The van der Waals surface area contributed by atoms with Gasteiger partial charge in [-0.3, -0.25) is 4.79 Å². The van der Waals surface area contributed by atoms with Gasteiger partial charge in [0.15, 0.2) is 5.78 Å². The van der Waals surface area contributed by atoms with Crippen LogP contribution in [0.1, 0.15) is 67.7 Å². The van der Waals surface area contributed by atoms with Gasteiger partial charge in [-0.15, -0.1) is 0 Å². The molecule has 0 bridgehead atoms. The van der Waals surface area contributed by atoms with Crippen LogP contribution < -0.4 is 16.9 Å². The Morgan fingerprint density at radius 3 is 2.24 bits per heavy atom. The van der Waals surface area contributed by atoms with Crippen LogP contribution in [0, 0.1) is 0 Å². The number of hydrogen-bond donors (Lipinski definition) is 3. The van der Waals surface area contributed by atoms with Crippen LogP contribution in [0.25, 0.3) is 0 Å². The number of rotatable bonds is 12. The molecule has 6 nitrogen and oxygen atoms in total. The zero-order valence-corrected chi connectivity index (χ0v) is 17.5. The fourth-order valence-corrected chi connectivity index (χ4v) is 1.65. The third kappa shape index (κ3) is 22.5. The topological polar surface area (TPSA) is 93.6 Å². The predicted molar refractivity (Wildman–Crippen MR) is 109 cm³/mol. The second-order valence-electron chi connectivity index (χ2n) is 4.87. The van der Waals surface area contributed by atoms with E-state index in [9.17, 15) is 4.79 Å². The highest BCUT2D eigenvalue weighted by Crippen LogP contribution is 1.97. The molecule has 0 fully saturated rings. The number of ketones is 1. The Kier molecular flexibility index (Phi) is 25.4. The lowest BCUT2D eigenvalue weighted by Crippen LogP contribution is -2.28. The van der Waals surface area contributed by atoms with Crippen LogP contribution in [0.4, 0.5) is 0 Å². The number of unbranched alkanes of at least 4 members (excludes halogenated alkanes) is 1. The van der Waals surface area contributed by atoms with Crippen LogP contribution in [0.3, 0.4) is 0 Å². The molecule has 0 spiro atoms. The van der Waals surface area contributed by atoms with E-state index in [-0.39, 0.29) is 5.78 Å². The van der Waals surface area contributed by atoms with Gasteiger partial charge in [-0.1, -0.05) is 34.6 Å². The first kappa shape index (κ1) is 28.3. The van der Waals surface area contributed by atoms with E-state index in [1.807, 2.05) is 41.5 Å². The molecule has 0 aromatic heterocycles. The summed E-state index contributed by atoms with van der Waals surface area (Å²) in [4.78, 5) is 11.5. The number of hydrogen-bond acceptors (Lipinski definition) is 6. The SMILES string of the molecule is CC.CC.CCOC/C(=C/C(=O)CC)NCCCCN(N)/C=C(/C)N. The molecule has 0 aliphatic rings. The normalized spacial score (nSPS) is 10.9. The minimum atomic E-state index is 0.105. The molecule has 0 saturated heterocycles. The molecule has 5 N–H and O–H groups in total. The largest absolute Gasteiger partial charge is 0.401 e. The van der Waals surface area contributed by atoms with Gasteiger partial charge in [0, 0.05) is 49.8 Å². The van der Waals surface area contributed by atoms with Crippen molar-refractivity contribution in [2.75, 3.05) is 26.3 Å². The van der Waals surface area contributed by atoms with E-state index in [4.69, 9.17) is 16.3 Å². The van der Waals surface area contributed by atoms with Crippen molar-refractivity contribution in [3.63, 3.8) is 0 Å². The van der Waals surface area contributed by atoms with Gasteiger partial charge in [0.1, 0.15) is 0 Å². The second kappa shape index (κ2) is 22.5. The van der Waals surface area contributed by atoms with Crippen molar-refractivity contribution in [3.8, 4) is 0 Å². The quantitative estimate of drug-likeness (QED) is 0.214. The molecule has 0 aliphatic heterocycles. The predicted octanol–water partition coefficient (Wildman–Crippen LogP) is 3.30. The third-order valence-electron chi connectivity index (χ3n) is 2.71. The van der Waals surface area contributed by atoms with Crippen molar-refractivity contribution in [1.29, 1.82) is 0 Å². The van der Waals surface area contributed by atoms with Crippen molar-refractivity contribution < 1.29 is 9.53 Å². The molecular formula is C19H42N4O2. The smallest absolute Gasteiger partial charge is 0.157 e. The highest BCUT2D eigenvalue weighted by atomic mass is 16.5. The average Bonchev–Trinajstić information content (AvgIpc) is 2.61. The molecule has 0 radical (unpaired) electrons. The van der Waals surface area contributed by atoms with E-state index < -0.39 is 0 Å². The van der Waals surface area contributed by atoms with Crippen molar-refractivity contribution in [2.24, 2.45) is 11.6 Å². The Hall–Kier alpha value is -1.53. The van der Waals surface area contributed by atoms with Crippen LogP contribution in [-0.4, -0.2) is 37.1 Å². The molecule has 0 unspecified atom stereocenters. The number of carbonyl (C=O) groups is 1. The van der Waals surface area contributed by atoms with Gasteiger partial charge in [0.05, 0.1) is 6.61 Å². The zero-order valence-electron chi connectivity index (χ0n) is 17.5. The van der Waals surface area contributed by atoms with Crippen LogP contribution in [0.2, 0.25) is 0 Å². The standard InChI is InChI=1S/C15H30N4O2.2C2H6/c1-4-15(20)10-14(12-21-5-2)18-8-6-7-9-19(17)11-13(3)16;2*1-2/h10-11,18H,4-9,12,16-17H2,1-3H3;2*1-2H3/b13-11-,14-10-;;. The monoisotopic (exact) mass is 358 g/mol. The van der Waals surface area contributed by atoms with Gasteiger partial charge in [-0.25, -0.2) is 5.84 Å². The molecule has 25 heavy (non-hydrogen) atoms. The van der Waals surface area contributed by atoms with E-state index in [1.165, 1.54) is 0 Å². The highest BCUT2D eigenvalue weighted by molar-refractivity contribution is 5.89. The number of ether oxygens (including phenoxy) is 1. The summed E-state index contributed by atoms with van der Waals surface area (Å²) in [5, 5.41) is 4.84. The Labute approximate surface area is 155 Å². The zero-order chi connectivity index (χ0) is 20.1. The molecule has 150 valence electrons. The fourth-order valence-electron chi connectivity index (χ4n) is 1.65. The van der Waals surface area contributed by atoms with E-state index >= 15 is 0 Å². The second-order valence-corrected chi connectivity index (χ2v) is 4.87. The van der Waals surface area contributed by atoms with Gasteiger partial charge < -0.3 is 20.8 Å². The lowest BCUT2D eigenvalue weighted by Gasteiger charge is -2.15. The van der Waals surface area contributed by atoms with Crippen LogP contribution >= 0.6 is 0 Å². The molecule has 6 heteroatoms. The van der Waals surface area contributed by atoms with Gasteiger partial charge in [0.2, 0.25) is 0 Å². The molecule has 0 amide bonds. The minimum absolute atomic E-state index is 0.105. The Bertz CT molecular complexity index is 351. The summed E-state index contributed by atoms with van der Waals surface area (Å²) in [7, 11) is 0. The minimum Gasteiger partial charge on any atom is -0.401 e. The maximum absolute atomic E-state index is 11.5. The first-order chi connectivity index (χ1) is 12.0. The lowest BCUT2D eigenvalue weighted by atomic mass is 10.2. The van der Waals surface area contributed by atoms with Gasteiger partial charge in [-0.2, -0.15) is 0 Å². The molecule has 0 aromatic rings. The molecular weight excluding hydrogens is 316 g/mol. The molecule has 0 heterocycles. The Balaban J connectivity index is -0.00000112. The van der Waals surface area contributed by atoms with E-state index in [0.29, 0.717) is 25.3 Å². The van der Waals surface area contributed by atoms with Crippen LogP contribution in [-0.2, 0) is 9.53 Å². The average molecular weight is 359 g/mol. The summed E-state index contributed by atoms with van der Waals surface area (Å²) >= 11 is 0. The summed E-state index contributed by atoms with van der Waals surface area (Å²) in [5.41, 5.74) is 7.07. The molecule has 0 rings (SSSR count). The summed E-state index contributed by atoms with van der Waals surface area (Å²) in [5.74, 6) is 5.85. The summed E-state index contributed by atoms with van der Waals surface area (Å²) in [6, 6.07) is 0. The van der Waals surface area contributed by atoms with Gasteiger partial charge >= 0.3 is 0 Å². The summed E-state index contributed by atoms with van der Waals surface area (Å²) < 4.78 is 5.35. The number of nitrogens with one attached hydrogen (secondary N) is 1. The third-order valence-corrected chi connectivity index (χ3v) is 2.71. The Morgan fingerprint density at radius 2 is 1.76 bits per heavy atom. The molecule has 0 aliphatic carbocycles. The van der Waals surface area contributed by atoms with Gasteiger partial charge in [-0.05, 0) is 26.7 Å². The van der Waals surface area contributed by atoms with E-state index in [0.717, 1.165) is 31.6 Å². The van der Waals surface area contributed by atoms with Crippen molar-refractivity contribution in [3.05, 3.63) is 23.7 Å². The van der Waals surface area contributed by atoms with Crippen molar-refractivity contribution >= 4 is 5.78 Å². The molecule has 0 saturated carbocycles. The molecule has 0 atom stereocenters. The number of nitrogens with two attached hydrogens (primary N) is 2. The van der Waals surface area contributed by atoms with Gasteiger partial charge in [0.25, 0.3) is 0 Å². The lowest BCUT2D eigenvalue weighted by molar-refractivity contribution is -0.114. The van der Waals surface area contributed by atoms with Crippen molar-refractivity contribution in [1.82, 2.24) is 10.3 Å². The number of carbonyl (C=O) groups excluding carboxylic acids is 1. The number of nitrogens with zero attached hydrogens (tertiary/aromatic N) is 1. The maximum atomic E-state index is 11.5. The molecule has 0 aromatic carbocycles. The van der Waals surface area contributed by atoms with E-state index in [2.05, 4.69) is 5.32 Å². The summed E-state index contributed by atoms with van der Waals surface area (Å²) in [6.07, 6.45) is 5.75. The highest BCUT2D eigenvalue weighted by Gasteiger charge is 2.01. The van der Waals surface area contributed by atoms with Crippen LogP contribution in [0.15, 0.2) is 23.7 Å². The van der Waals surface area contributed by atoms with Crippen LogP contribution in [0.5, 0.6) is 0 Å². The van der Waals surface area contributed by atoms with Crippen molar-refractivity contribution in [2.45, 2.75) is 67.7 Å². The summed E-state index contributed by atoms with van der Waals surface area (Å²) in [6.45, 7) is 16.2. The number of allylic oxidation sites excluding steroid dienone is 2. The first-order valence-electron chi connectivity index (χ1n) is 9.49. The first-order valence-corrected chi connectivity index (χ1v) is 9.49. The Morgan fingerprint density at radius 1 is 1.16 bits per heavy atom. The fraction of sp³-hybridized carbons (Fsp3) is 0.737.